The molecule has 0 saturated carbocycles. The number of carbonyl (C=O) groups is 1. The largest absolute Gasteiger partial charge is 0.321 e. The summed E-state index contributed by atoms with van der Waals surface area (Å²) in [4.78, 5) is 17.2. The van der Waals surface area contributed by atoms with E-state index < -0.39 is 0 Å². The van der Waals surface area contributed by atoms with Crippen molar-refractivity contribution in [1.82, 2.24) is 4.98 Å². The molecule has 5 heteroatoms. The Hall–Kier alpha value is -1.20. The standard InChI is InChI=1S/C13H13BrN2OS/c1-7-4-5-10(6-11(7)14)16-13(17)12-8(2)18-9(3)15-12/h4-6H,1-3H3,(H,16,17). The van der Waals surface area contributed by atoms with Gasteiger partial charge >= 0.3 is 0 Å². The van der Waals surface area contributed by atoms with Crippen LogP contribution in [0.2, 0.25) is 0 Å². The Kier molecular flexibility index (Phi) is 3.82. The third kappa shape index (κ3) is 2.79. The van der Waals surface area contributed by atoms with Crippen LogP contribution in [-0.2, 0) is 0 Å². The monoisotopic (exact) mass is 324 g/mol. The first-order valence-corrected chi connectivity index (χ1v) is 7.10. The van der Waals surface area contributed by atoms with Gasteiger partial charge in [-0.05, 0) is 38.5 Å². The molecule has 0 unspecified atom stereocenters. The van der Waals surface area contributed by atoms with Gasteiger partial charge in [-0.2, -0.15) is 0 Å². The molecule has 0 atom stereocenters. The normalized spacial score (nSPS) is 10.4. The molecule has 0 saturated heterocycles. The zero-order chi connectivity index (χ0) is 13.3. The van der Waals surface area contributed by atoms with Gasteiger partial charge in [-0.1, -0.05) is 22.0 Å². The molecule has 0 radical (unpaired) electrons. The van der Waals surface area contributed by atoms with Gasteiger partial charge in [0.2, 0.25) is 0 Å². The summed E-state index contributed by atoms with van der Waals surface area (Å²) in [5.41, 5.74) is 2.41. The minimum absolute atomic E-state index is 0.160. The fourth-order valence-corrected chi connectivity index (χ4v) is 2.79. The minimum Gasteiger partial charge on any atom is -0.321 e. The fraction of sp³-hybridized carbons (Fsp3) is 0.231. The van der Waals surface area contributed by atoms with Gasteiger partial charge in [0.05, 0.1) is 5.01 Å². The molecular formula is C13H13BrN2OS. The van der Waals surface area contributed by atoms with E-state index in [1.165, 1.54) is 11.3 Å². The summed E-state index contributed by atoms with van der Waals surface area (Å²) in [6.45, 7) is 5.81. The maximum atomic E-state index is 12.1. The number of nitrogens with one attached hydrogen (secondary N) is 1. The maximum Gasteiger partial charge on any atom is 0.275 e. The van der Waals surface area contributed by atoms with Crippen molar-refractivity contribution in [2.45, 2.75) is 20.8 Å². The maximum absolute atomic E-state index is 12.1. The Balaban J connectivity index is 2.21. The molecule has 1 heterocycles. The van der Waals surface area contributed by atoms with Crippen LogP contribution in [0.15, 0.2) is 22.7 Å². The number of thiazole rings is 1. The molecule has 2 rings (SSSR count). The predicted octanol–water partition coefficient (Wildman–Crippen LogP) is 4.08. The van der Waals surface area contributed by atoms with Crippen molar-refractivity contribution in [3.8, 4) is 0 Å². The van der Waals surface area contributed by atoms with Crippen molar-refractivity contribution in [3.05, 3.63) is 43.8 Å². The van der Waals surface area contributed by atoms with Gasteiger partial charge in [0.25, 0.3) is 5.91 Å². The molecule has 1 N–H and O–H groups in total. The van der Waals surface area contributed by atoms with Crippen molar-refractivity contribution >= 4 is 38.9 Å². The van der Waals surface area contributed by atoms with Crippen LogP contribution in [0.25, 0.3) is 0 Å². The van der Waals surface area contributed by atoms with Gasteiger partial charge in [0.1, 0.15) is 5.69 Å². The number of carbonyl (C=O) groups excluding carboxylic acids is 1. The van der Waals surface area contributed by atoms with Crippen LogP contribution in [0.4, 0.5) is 5.69 Å². The first-order chi connectivity index (χ1) is 8.47. The Morgan fingerprint density at radius 2 is 2.06 bits per heavy atom. The number of halogens is 1. The highest BCUT2D eigenvalue weighted by Gasteiger charge is 2.14. The number of nitrogens with zero attached hydrogens (tertiary/aromatic N) is 1. The van der Waals surface area contributed by atoms with Crippen molar-refractivity contribution < 1.29 is 4.79 Å². The van der Waals surface area contributed by atoms with E-state index in [0.29, 0.717) is 5.69 Å². The molecular weight excluding hydrogens is 312 g/mol. The summed E-state index contributed by atoms with van der Waals surface area (Å²) in [6.07, 6.45) is 0. The number of hydrogen-bond acceptors (Lipinski definition) is 3. The van der Waals surface area contributed by atoms with Crippen molar-refractivity contribution in [1.29, 1.82) is 0 Å². The zero-order valence-electron chi connectivity index (χ0n) is 10.4. The molecule has 2 aromatic rings. The lowest BCUT2D eigenvalue weighted by Crippen LogP contribution is -2.13. The molecule has 1 aromatic heterocycles. The number of benzene rings is 1. The Morgan fingerprint density at radius 3 is 2.61 bits per heavy atom. The summed E-state index contributed by atoms with van der Waals surface area (Å²) in [6, 6.07) is 5.73. The molecule has 3 nitrogen and oxygen atoms in total. The minimum atomic E-state index is -0.160. The lowest BCUT2D eigenvalue weighted by Gasteiger charge is -2.06. The Bertz CT molecular complexity index is 607. The number of rotatable bonds is 2. The van der Waals surface area contributed by atoms with Gasteiger partial charge in [0.15, 0.2) is 0 Å². The smallest absolute Gasteiger partial charge is 0.275 e. The van der Waals surface area contributed by atoms with E-state index in [4.69, 9.17) is 0 Å². The van der Waals surface area contributed by atoms with Crippen LogP contribution in [0.1, 0.15) is 25.9 Å². The summed E-state index contributed by atoms with van der Waals surface area (Å²) in [7, 11) is 0. The molecule has 0 spiro atoms. The van der Waals surface area contributed by atoms with Gasteiger partial charge in [-0.25, -0.2) is 4.98 Å². The van der Waals surface area contributed by atoms with Crippen molar-refractivity contribution in [3.63, 3.8) is 0 Å². The first kappa shape index (κ1) is 13.2. The predicted molar refractivity (Wildman–Crippen MR) is 78.4 cm³/mol. The number of aryl methyl sites for hydroxylation is 3. The zero-order valence-corrected chi connectivity index (χ0v) is 12.8. The highest BCUT2D eigenvalue weighted by molar-refractivity contribution is 9.10. The summed E-state index contributed by atoms with van der Waals surface area (Å²) in [5.74, 6) is -0.160. The molecule has 18 heavy (non-hydrogen) atoms. The van der Waals surface area contributed by atoms with E-state index in [1.807, 2.05) is 39.0 Å². The van der Waals surface area contributed by atoms with E-state index in [9.17, 15) is 4.79 Å². The molecule has 0 aliphatic carbocycles. The van der Waals surface area contributed by atoms with E-state index >= 15 is 0 Å². The van der Waals surface area contributed by atoms with E-state index in [1.54, 1.807) is 0 Å². The molecule has 94 valence electrons. The second-order valence-corrected chi connectivity index (χ2v) is 6.32. The second-order valence-electron chi connectivity index (χ2n) is 4.06. The molecule has 1 amide bonds. The number of amides is 1. The fourth-order valence-electron chi connectivity index (χ4n) is 1.60. The topological polar surface area (TPSA) is 42.0 Å². The summed E-state index contributed by atoms with van der Waals surface area (Å²) >= 11 is 4.98. The molecule has 0 aliphatic rings. The number of anilines is 1. The van der Waals surface area contributed by atoms with Crippen LogP contribution < -0.4 is 5.32 Å². The van der Waals surface area contributed by atoms with Crippen LogP contribution >= 0.6 is 27.3 Å². The van der Waals surface area contributed by atoms with Gasteiger partial charge in [-0.15, -0.1) is 11.3 Å². The Labute approximate surface area is 118 Å². The van der Waals surface area contributed by atoms with E-state index in [0.717, 1.165) is 25.6 Å². The van der Waals surface area contributed by atoms with Crippen LogP contribution in [0, 0.1) is 20.8 Å². The van der Waals surface area contributed by atoms with E-state index in [-0.39, 0.29) is 5.91 Å². The molecule has 0 aliphatic heterocycles. The quantitative estimate of drug-likeness (QED) is 0.904. The summed E-state index contributed by atoms with van der Waals surface area (Å²) < 4.78 is 0.978. The highest BCUT2D eigenvalue weighted by atomic mass is 79.9. The molecule has 0 fully saturated rings. The first-order valence-electron chi connectivity index (χ1n) is 5.49. The summed E-state index contributed by atoms with van der Waals surface area (Å²) in [5, 5.41) is 3.76. The van der Waals surface area contributed by atoms with Gasteiger partial charge in [-0.3, -0.25) is 4.79 Å². The third-order valence-corrected chi connectivity index (χ3v) is 4.29. The number of aromatic nitrogens is 1. The highest BCUT2D eigenvalue weighted by Crippen LogP contribution is 2.22. The van der Waals surface area contributed by atoms with E-state index in [2.05, 4.69) is 26.2 Å². The lowest BCUT2D eigenvalue weighted by molar-refractivity contribution is 0.102. The molecule has 0 bridgehead atoms. The second kappa shape index (κ2) is 5.20. The van der Waals surface area contributed by atoms with Crippen LogP contribution in [0.5, 0.6) is 0 Å². The van der Waals surface area contributed by atoms with Crippen molar-refractivity contribution in [2.24, 2.45) is 0 Å². The SMILES string of the molecule is Cc1nc(C(=O)Nc2ccc(C)c(Br)c2)c(C)s1. The molecule has 1 aromatic carbocycles. The third-order valence-electron chi connectivity index (χ3n) is 2.55. The van der Waals surface area contributed by atoms with Crippen LogP contribution in [-0.4, -0.2) is 10.9 Å². The van der Waals surface area contributed by atoms with Crippen molar-refractivity contribution in [2.75, 3.05) is 5.32 Å². The average Bonchev–Trinajstić information content (AvgIpc) is 2.63. The average molecular weight is 325 g/mol. The Morgan fingerprint density at radius 1 is 1.33 bits per heavy atom. The lowest BCUT2D eigenvalue weighted by atomic mass is 10.2. The number of hydrogen-bond donors (Lipinski definition) is 1. The van der Waals surface area contributed by atoms with Gasteiger partial charge < -0.3 is 5.32 Å². The van der Waals surface area contributed by atoms with Gasteiger partial charge in [0, 0.05) is 15.0 Å². The van der Waals surface area contributed by atoms with Crippen LogP contribution in [0.3, 0.4) is 0 Å².